The number of rotatable bonds is 4. The summed E-state index contributed by atoms with van der Waals surface area (Å²) in [5.41, 5.74) is 3.11. The number of likely N-dealkylation sites (tertiary alicyclic amines) is 1. The van der Waals surface area contributed by atoms with E-state index in [0.717, 1.165) is 29.8 Å². The predicted octanol–water partition coefficient (Wildman–Crippen LogP) is 0.997. The predicted molar refractivity (Wildman–Crippen MR) is 88.7 cm³/mol. The van der Waals surface area contributed by atoms with Gasteiger partial charge in [-0.25, -0.2) is 8.42 Å². The Morgan fingerprint density at radius 3 is 2.78 bits per heavy atom. The van der Waals surface area contributed by atoms with E-state index < -0.39 is 10.0 Å². The van der Waals surface area contributed by atoms with E-state index in [1.165, 1.54) is 0 Å². The molecule has 2 aliphatic rings. The molecule has 23 heavy (non-hydrogen) atoms. The summed E-state index contributed by atoms with van der Waals surface area (Å²) in [6.45, 7) is 2.52. The second-order valence-corrected chi connectivity index (χ2v) is 8.47. The number of nitrogens with zero attached hydrogens (tertiary/aromatic N) is 4. The Bertz CT molecular complexity index is 824. The Kier molecular flexibility index (Phi) is 3.42. The number of para-hydroxylation sites is 1. The number of hydrogen-bond acceptors (Lipinski definition) is 4. The minimum atomic E-state index is -3.26. The molecule has 0 atom stereocenters. The van der Waals surface area contributed by atoms with Crippen LogP contribution in [0.5, 0.6) is 0 Å². The molecule has 0 bridgehead atoms. The van der Waals surface area contributed by atoms with Gasteiger partial charge in [0.1, 0.15) is 5.25 Å². The highest BCUT2D eigenvalue weighted by Gasteiger charge is 2.42. The number of aromatic nitrogens is 2. The maximum atomic E-state index is 12.9. The van der Waals surface area contributed by atoms with Gasteiger partial charge in [0.15, 0.2) is 0 Å². The summed E-state index contributed by atoms with van der Waals surface area (Å²) >= 11 is 0. The molecule has 0 saturated carbocycles. The third-order valence-corrected chi connectivity index (χ3v) is 6.80. The van der Waals surface area contributed by atoms with Crippen LogP contribution in [-0.2, 0) is 30.0 Å². The normalized spacial score (nSPS) is 18.9. The number of hydrogen-bond donors (Lipinski definition) is 0. The largest absolute Gasteiger partial charge is 0.296 e. The highest BCUT2D eigenvalue weighted by Crippen LogP contribution is 2.33. The topological polar surface area (TPSA) is 58.4 Å². The third kappa shape index (κ3) is 2.53. The van der Waals surface area contributed by atoms with Gasteiger partial charge in [0.2, 0.25) is 10.0 Å². The average molecular weight is 332 g/mol. The summed E-state index contributed by atoms with van der Waals surface area (Å²) in [5, 5.41) is 3.85. The molecule has 1 saturated heterocycles. The van der Waals surface area contributed by atoms with Crippen LogP contribution in [0.3, 0.4) is 0 Å². The fourth-order valence-electron chi connectivity index (χ4n) is 3.40. The zero-order chi connectivity index (χ0) is 16.0. The lowest BCUT2D eigenvalue weighted by Gasteiger charge is -2.40. The number of sulfonamides is 1. The molecule has 1 aromatic carbocycles. The maximum absolute atomic E-state index is 12.9. The highest BCUT2D eigenvalue weighted by atomic mass is 32.2. The van der Waals surface area contributed by atoms with Crippen molar-refractivity contribution in [3.8, 4) is 0 Å². The average Bonchev–Trinajstić information content (AvgIpc) is 3.08. The van der Waals surface area contributed by atoms with Crippen LogP contribution in [0, 0.1) is 0 Å². The van der Waals surface area contributed by atoms with E-state index in [-0.39, 0.29) is 5.25 Å². The van der Waals surface area contributed by atoms with Crippen LogP contribution >= 0.6 is 0 Å². The molecule has 0 amide bonds. The Labute approximate surface area is 136 Å². The Balaban J connectivity index is 1.43. The van der Waals surface area contributed by atoms with Gasteiger partial charge >= 0.3 is 0 Å². The first-order valence-electron chi connectivity index (χ1n) is 7.83. The zero-order valence-electron chi connectivity index (χ0n) is 13.1. The van der Waals surface area contributed by atoms with E-state index in [4.69, 9.17) is 0 Å². The molecule has 6 nitrogen and oxygen atoms in total. The Morgan fingerprint density at radius 2 is 2.04 bits per heavy atom. The molecule has 2 aliphatic heterocycles. The van der Waals surface area contributed by atoms with Gasteiger partial charge in [-0.1, -0.05) is 18.2 Å². The second kappa shape index (κ2) is 5.35. The van der Waals surface area contributed by atoms with Crippen molar-refractivity contribution in [2.75, 3.05) is 23.9 Å². The van der Waals surface area contributed by atoms with Crippen LogP contribution in [0.25, 0.3) is 0 Å². The second-order valence-electron chi connectivity index (χ2n) is 6.33. The SMILES string of the molecule is Cn1cc(CN2CC(S(=O)(=O)N3CCc4ccccc43)C2)cn1. The van der Waals surface area contributed by atoms with Gasteiger partial charge in [-0.05, 0) is 18.1 Å². The number of benzene rings is 1. The van der Waals surface area contributed by atoms with E-state index in [0.29, 0.717) is 19.6 Å². The smallest absolute Gasteiger partial charge is 0.240 e. The molecule has 2 aromatic rings. The first kappa shape index (κ1) is 14.7. The summed E-state index contributed by atoms with van der Waals surface area (Å²) in [6.07, 6.45) is 4.61. The molecule has 4 rings (SSSR count). The highest BCUT2D eigenvalue weighted by molar-refractivity contribution is 7.93. The molecular formula is C16H20N4O2S. The molecule has 0 aliphatic carbocycles. The first-order chi connectivity index (χ1) is 11.0. The van der Waals surface area contributed by atoms with E-state index in [1.807, 2.05) is 43.7 Å². The zero-order valence-corrected chi connectivity index (χ0v) is 13.9. The van der Waals surface area contributed by atoms with Crippen LogP contribution in [0.15, 0.2) is 36.7 Å². The molecule has 7 heteroatoms. The summed E-state index contributed by atoms with van der Waals surface area (Å²) in [4.78, 5) is 2.15. The van der Waals surface area contributed by atoms with Crippen LogP contribution in [0.4, 0.5) is 5.69 Å². The van der Waals surface area contributed by atoms with Gasteiger partial charge in [0.25, 0.3) is 0 Å². The molecule has 1 aromatic heterocycles. The minimum absolute atomic E-state index is 0.301. The summed E-state index contributed by atoms with van der Waals surface area (Å²) in [6, 6.07) is 7.79. The van der Waals surface area contributed by atoms with Gasteiger partial charge in [0.05, 0.1) is 11.9 Å². The molecule has 0 unspecified atom stereocenters. The maximum Gasteiger partial charge on any atom is 0.240 e. The van der Waals surface area contributed by atoms with Gasteiger partial charge in [-0.15, -0.1) is 0 Å². The van der Waals surface area contributed by atoms with Gasteiger partial charge in [0, 0.05) is 45.0 Å². The Hall–Kier alpha value is -1.86. The van der Waals surface area contributed by atoms with E-state index >= 15 is 0 Å². The lowest BCUT2D eigenvalue weighted by atomic mass is 10.2. The molecule has 122 valence electrons. The molecule has 0 N–H and O–H groups in total. The standard InChI is InChI=1S/C16H20N4O2S/c1-18-9-13(8-17-18)10-19-11-15(12-19)23(21,22)20-7-6-14-4-2-3-5-16(14)20/h2-5,8-9,15H,6-7,10-12H2,1H3. The van der Waals surface area contributed by atoms with Crippen molar-refractivity contribution >= 4 is 15.7 Å². The number of anilines is 1. The van der Waals surface area contributed by atoms with Crippen molar-refractivity contribution < 1.29 is 8.42 Å². The van der Waals surface area contributed by atoms with Gasteiger partial charge in [-0.3, -0.25) is 13.9 Å². The van der Waals surface area contributed by atoms with E-state index in [1.54, 1.807) is 8.99 Å². The first-order valence-corrected chi connectivity index (χ1v) is 9.34. The fraction of sp³-hybridized carbons (Fsp3) is 0.438. The van der Waals surface area contributed by atoms with E-state index in [9.17, 15) is 8.42 Å². The van der Waals surface area contributed by atoms with Crippen molar-refractivity contribution in [1.82, 2.24) is 14.7 Å². The molecule has 0 spiro atoms. The number of aryl methyl sites for hydroxylation is 1. The third-order valence-electron chi connectivity index (χ3n) is 4.66. The molecule has 0 radical (unpaired) electrons. The lowest BCUT2D eigenvalue weighted by molar-refractivity contribution is 0.176. The van der Waals surface area contributed by atoms with Crippen molar-refractivity contribution in [3.63, 3.8) is 0 Å². The Morgan fingerprint density at radius 1 is 1.26 bits per heavy atom. The van der Waals surface area contributed by atoms with Gasteiger partial charge in [-0.2, -0.15) is 5.10 Å². The minimum Gasteiger partial charge on any atom is -0.296 e. The quantitative estimate of drug-likeness (QED) is 0.838. The van der Waals surface area contributed by atoms with Crippen LogP contribution in [-0.4, -0.2) is 48.0 Å². The van der Waals surface area contributed by atoms with Crippen LogP contribution < -0.4 is 4.31 Å². The fourth-order valence-corrected chi connectivity index (χ4v) is 5.36. The van der Waals surface area contributed by atoms with Gasteiger partial charge < -0.3 is 0 Å². The van der Waals surface area contributed by atoms with Crippen LogP contribution in [0.2, 0.25) is 0 Å². The molecular weight excluding hydrogens is 312 g/mol. The lowest BCUT2D eigenvalue weighted by Crippen LogP contribution is -2.57. The van der Waals surface area contributed by atoms with Crippen molar-refractivity contribution in [2.45, 2.75) is 18.2 Å². The summed E-state index contributed by atoms with van der Waals surface area (Å²) in [7, 11) is -1.38. The van der Waals surface area contributed by atoms with E-state index in [2.05, 4.69) is 10.00 Å². The summed E-state index contributed by atoms with van der Waals surface area (Å²) in [5.74, 6) is 0. The summed E-state index contributed by atoms with van der Waals surface area (Å²) < 4.78 is 29.1. The van der Waals surface area contributed by atoms with Crippen molar-refractivity contribution in [2.24, 2.45) is 7.05 Å². The molecule has 3 heterocycles. The van der Waals surface area contributed by atoms with Crippen LogP contribution in [0.1, 0.15) is 11.1 Å². The van der Waals surface area contributed by atoms with Crippen molar-refractivity contribution in [1.29, 1.82) is 0 Å². The number of fused-ring (bicyclic) bond motifs is 1. The molecule has 1 fully saturated rings. The van der Waals surface area contributed by atoms with Crippen molar-refractivity contribution in [3.05, 3.63) is 47.8 Å². The monoisotopic (exact) mass is 332 g/mol.